The van der Waals surface area contributed by atoms with E-state index < -0.39 is 0 Å². The molecular weight excluding hydrogens is 148 g/mol. The van der Waals surface area contributed by atoms with Crippen LogP contribution in [0.5, 0.6) is 0 Å². The molecular formula is C10H10N2. The fraction of sp³-hybridized carbons (Fsp3) is 0.200. The van der Waals surface area contributed by atoms with Crippen molar-refractivity contribution in [2.45, 2.75) is 13.8 Å². The first-order valence-electron chi connectivity index (χ1n) is 3.97. The second kappa shape index (κ2) is 2.55. The Bertz CT molecular complexity index is 348. The normalized spacial score (nSPS) is 10.5. The predicted molar refractivity (Wildman–Crippen MR) is 48.1 cm³/mol. The van der Waals surface area contributed by atoms with Crippen molar-refractivity contribution in [1.29, 1.82) is 0 Å². The second-order valence-electron chi connectivity index (χ2n) is 2.95. The quantitative estimate of drug-likeness (QED) is 0.587. The first-order chi connectivity index (χ1) is 5.75. The third-order valence-electron chi connectivity index (χ3n) is 1.84. The highest BCUT2D eigenvalue weighted by molar-refractivity contribution is 5.55. The summed E-state index contributed by atoms with van der Waals surface area (Å²) < 4.78 is 0. The average molecular weight is 158 g/mol. The lowest BCUT2D eigenvalue weighted by molar-refractivity contribution is 1.16. The third kappa shape index (κ3) is 1.16. The van der Waals surface area contributed by atoms with E-state index in [1.807, 2.05) is 19.1 Å². The summed E-state index contributed by atoms with van der Waals surface area (Å²) >= 11 is 0. The summed E-state index contributed by atoms with van der Waals surface area (Å²) in [4.78, 5) is 8.57. The Hall–Kier alpha value is -1.44. The Balaban J connectivity index is 2.70. The number of hydrogen-bond acceptors (Lipinski definition) is 2. The molecule has 0 aromatic carbocycles. The number of aryl methyl sites for hydroxylation is 2. The van der Waals surface area contributed by atoms with Crippen molar-refractivity contribution < 1.29 is 0 Å². The van der Waals surface area contributed by atoms with Crippen molar-refractivity contribution in [1.82, 2.24) is 9.97 Å². The number of rotatable bonds is 0. The van der Waals surface area contributed by atoms with Crippen molar-refractivity contribution >= 4 is 0 Å². The first kappa shape index (κ1) is 7.22. The predicted octanol–water partition coefficient (Wildman–Crippen LogP) is 2.20. The van der Waals surface area contributed by atoms with Crippen LogP contribution in [0.4, 0.5) is 0 Å². The van der Waals surface area contributed by atoms with E-state index in [0.717, 1.165) is 17.2 Å². The number of nitrogens with zero attached hydrogens (tertiary/aromatic N) is 2. The molecule has 0 N–H and O–H groups in total. The van der Waals surface area contributed by atoms with Gasteiger partial charge < -0.3 is 0 Å². The van der Waals surface area contributed by atoms with E-state index in [9.17, 15) is 0 Å². The zero-order valence-electron chi connectivity index (χ0n) is 7.20. The van der Waals surface area contributed by atoms with Crippen LogP contribution in [-0.2, 0) is 0 Å². The van der Waals surface area contributed by atoms with Crippen LogP contribution in [-0.4, -0.2) is 9.97 Å². The number of hydrogen-bond donors (Lipinski definition) is 0. The molecule has 1 aliphatic heterocycles. The lowest BCUT2D eigenvalue weighted by Crippen LogP contribution is -1.68. The SMILES string of the molecule is Cc1ccc2nc(C)nc-2cc1. The largest absolute Gasteiger partial charge is 0.232 e. The molecule has 12 heavy (non-hydrogen) atoms. The van der Waals surface area contributed by atoms with E-state index >= 15 is 0 Å². The van der Waals surface area contributed by atoms with Crippen LogP contribution >= 0.6 is 0 Å². The van der Waals surface area contributed by atoms with Gasteiger partial charge >= 0.3 is 0 Å². The molecule has 0 fully saturated rings. The Kier molecular flexibility index (Phi) is 1.54. The minimum absolute atomic E-state index is 0.842. The molecule has 0 amide bonds. The second-order valence-corrected chi connectivity index (χ2v) is 2.95. The van der Waals surface area contributed by atoms with Crippen molar-refractivity contribution in [2.24, 2.45) is 0 Å². The number of aromatic nitrogens is 2. The smallest absolute Gasteiger partial charge is 0.126 e. The van der Waals surface area contributed by atoms with Gasteiger partial charge in [-0.05, 0) is 26.0 Å². The van der Waals surface area contributed by atoms with Crippen molar-refractivity contribution in [3.63, 3.8) is 0 Å². The zero-order chi connectivity index (χ0) is 8.55. The average Bonchev–Trinajstić information content (AvgIpc) is 2.31. The van der Waals surface area contributed by atoms with E-state index in [2.05, 4.69) is 29.0 Å². The molecule has 1 heterocycles. The molecule has 0 atom stereocenters. The highest BCUT2D eigenvalue weighted by atomic mass is 14.9. The summed E-state index contributed by atoms with van der Waals surface area (Å²) in [7, 11) is 0. The lowest BCUT2D eigenvalue weighted by Gasteiger charge is -1.81. The highest BCUT2D eigenvalue weighted by Crippen LogP contribution is 2.16. The number of imidazole rings is 1. The molecule has 0 bridgehead atoms. The van der Waals surface area contributed by atoms with Gasteiger partial charge in [-0.1, -0.05) is 17.7 Å². The summed E-state index contributed by atoms with van der Waals surface area (Å²) in [5.41, 5.74) is 3.17. The lowest BCUT2D eigenvalue weighted by atomic mass is 10.3. The maximum Gasteiger partial charge on any atom is 0.126 e. The van der Waals surface area contributed by atoms with Crippen LogP contribution in [0.15, 0.2) is 24.3 Å². The van der Waals surface area contributed by atoms with Gasteiger partial charge in [0.1, 0.15) is 5.82 Å². The van der Waals surface area contributed by atoms with Crippen LogP contribution in [0.1, 0.15) is 11.4 Å². The van der Waals surface area contributed by atoms with Crippen molar-refractivity contribution in [2.75, 3.05) is 0 Å². The molecule has 0 spiro atoms. The van der Waals surface area contributed by atoms with Crippen LogP contribution in [0.2, 0.25) is 0 Å². The maximum atomic E-state index is 4.28. The Morgan fingerprint density at radius 3 is 1.83 bits per heavy atom. The minimum Gasteiger partial charge on any atom is -0.232 e. The van der Waals surface area contributed by atoms with Crippen molar-refractivity contribution in [3.8, 4) is 11.4 Å². The van der Waals surface area contributed by atoms with Crippen LogP contribution in [0, 0.1) is 13.8 Å². The van der Waals surface area contributed by atoms with Crippen LogP contribution in [0.25, 0.3) is 11.4 Å². The molecule has 60 valence electrons. The van der Waals surface area contributed by atoms with Gasteiger partial charge in [0.15, 0.2) is 0 Å². The van der Waals surface area contributed by atoms with E-state index in [0.29, 0.717) is 0 Å². The number of fused-ring (bicyclic) bond motifs is 1. The molecule has 0 saturated carbocycles. The Morgan fingerprint density at radius 1 is 0.833 bits per heavy atom. The van der Waals surface area contributed by atoms with E-state index in [1.54, 1.807) is 0 Å². The van der Waals surface area contributed by atoms with Crippen LogP contribution in [0.3, 0.4) is 0 Å². The summed E-state index contributed by atoms with van der Waals surface area (Å²) in [5.74, 6) is 0.842. The minimum atomic E-state index is 0.842. The molecule has 0 unspecified atom stereocenters. The standard InChI is InChI=1S/C10H10N2/c1-7-3-5-9-10(6-4-7)12-8(2)11-9/h3-6H,1-2H3. The van der Waals surface area contributed by atoms with Crippen molar-refractivity contribution in [3.05, 3.63) is 35.7 Å². The molecule has 0 aromatic rings. The van der Waals surface area contributed by atoms with Gasteiger partial charge in [0, 0.05) is 0 Å². The van der Waals surface area contributed by atoms with Gasteiger partial charge in [0.05, 0.1) is 11.4 Å². The van der Waals surface area contributed by atoms with E-state index in [4.69, 9.17) is 0 Å². The van der Waals surface area contributed by atoms with E-state index in [1.165, 1.54) is 5.56 Å². The summed E-state index contributed by atoms with van der Waals surface area (Å²) in [6.45, 7) is 3.97. The third-order valence-corrected chi connectivity index (χ3v) is 1.84. The molecule has 2 aliphatic rings. The fourth-order valence-corrected chi connectivity index (χ4v) is 1.21. The fourth-order valence-electron chi connectivity index (χ4n) is 1.21. The monoisotopic (exact) mass is 158 g/mol. The van der Waals surface area contributed by atoms with Gasteiger partial charge in [0.2, 0.25) is 0 Å². The molecule has 0 radical (unpaired) electrons. The maximum absolute atomic E-state index is 4.28. The molecule has 2 heteroatoms. The summed E-state index contributed by atoms with van der Waals surface area (Å²) in [6.07, 6.45) is 0. The highest BCUT2D eigenvalue weighted by Gasteiger charge is 2.04. The zero-order valence-corrected chi connectivity index (χ0v) is 7.20. The molecule has 2 rings (SSSR count). The van der Waals surface area contributed by atoms with Crippen LogP contribution < -0.4 is 0 Å². The summed E-state index contributed by atoms with van der Waals surface area (Å²) in [5, 5.41) is 0. The van der Waals surface area contributed by atoms with Gasteiger partial charge in [-0.2, -0.15) is 0 Å². The van der Waals surface area contributed by atoms with Gasteiger partial charge in [-0.15, -0.1) is 0 Å². The Morgan fingerprint density at radius 2 is 1.33 bits per heavy atom. The van der Waals surface area contributed by atoms with E-state index in [-0.39, 0.29) is 0 Å². The summed E-state index contributed by atoms with van der Waals surface area (Å²) in [6, 6.07) is 8.11. The Labute approximate surface area is 71.6 Å². The first-order valence-corrected chi connectivity index (χ1v) is 3.97. The topological polar surface area (TPSA) is 25.8 Å². The molecule has 2 nitrogen and oxygen atoms in total. The molecule has 0 aromatic heterocycles. The molecule has 0 saturated heterocycles. The van der Waals surface area contributed by atoms with Gasteiger partial charge in [-0.25, -0.2) is 9.97 Å². The van der Waals surface area contributed by atoms with Gasteiger partial charge in [0.25, 0.3) is 0 Å². The molecule has 1 aliphatic carbocycles. The van der Waals surface area contributed by atoms with Gasteiger partial charge in [-0.3, -0.25) is 0 Å².